The molecule has 1 aromatic carbocycles. The van der Waals surface area contributed by atoms with Crippen LogP contribution in [0.1, 0.15) is 77.0 Å². The maximum atomic E-state index is 11.3. The summed E-state index contributed by atoms with van der Waals surface area (Å²) in [6.07, 6.45) is 13.7. The third-order valence-corrected chi connectivity index (χ3v) is 6.33. The summed E-state index contributed by atoms with van der Waals surface area (Å²) in [6, 6.07) is 6.94. The molecule has 2 aliphatic carbocycles. The quantitative estimate of drug-likeness (QED) is 0.635. The summed E-state index contributed by atoms with van der Waals surface area (Å²) in [5.74, 6) is -0.881. The van der Waals surface area contributed by atoms with Gasteiger partial charge in [-0.2, -0.15) is 0 Å². The van der Waals surface area contributed by atoms with Crippen molar-refractivity contribution in [3.8, 4) is 0 Å². The zero-order valence-corrected chi connectivity index (χ0v) is 17.8. The van der Waals surface area contributed by atoms with Gasteiger partial charge in [0, 0.05) is 0 Å². The zero-order chi connectivity index (χ0) is 20.5. The molecule has 0 radical (unpaired) electrons. The van der Waals surface area contributed by atoms with E-state index in [0.717, 1.165) is 18.4 Å². The largest absolute Gasteiger partial charge is 0.478 e. The van der Waals surface area contributed by atoms with Gasteiger partial charge in [0.2, 0.25) is 0 Å². The van der Waals surface area contributed by atoms with Crippen LogP contribution in [-0.2, 0) is 15.6 Å². The summed E-state index contributed by atoms with van der Waals surface area (Å²) < 4.78 is 0. The lowest BCUT2D eigenvalue weighted by Crippen LogP contribution is -2.33. The third-order valence-electron chi connectivity index (χ3n) is 6.33. The number of carboxylic acid groups (broad SMARTS) is 1. The van der Waals surface area contributed by atoms with Crippen LogP contribution in [0.3, 0.4) is 0 Å². The smallest absolute Gasteiger partial charge is 0.335 e. The van der Waals surface area contributed by atoms with Crippen molar-refractivity contribution in [2.45, 2.75) is 71.1 Å². The number of allylic oxidation sites excluding steroid dienone is 6. The van der Waals surface area contributed by atoms with Crippen molar-refractivity contribution < 1.29 is 9.90 Å². The van der Waals surface area contributed by atoms with Gasteiger partial charge in [0.05, 0.1) is 5.57 Å². The monoisotopic (exact) mass is 376 g/mol. The minimum atomic E-state index is -0.881. The molecule has 0 aliphatic heterocycles. The fraction of sp³-hybridized carbons (Fsp3) is 0.423. The van der Waals surface area contributed by atoms with Crippen molar-refractivity contribution in [2.24, 2.45) is 0 Å². The molecule has 0 atom stereocenters. The van der Waals surface area contributed by atoms with E-state index >= 15 is 0 Å². The Labute approximate surface area is 169 Å². The highest BCUT2D eigenvalue weighted by Crippen LogP contribution is 2.46. The summed E-state index contributed by atoms with van der Waals surface area (Å²) in [4.78, 5) is 11.3. The second kappa shape index (κ2) is 7.58. The summed E-state index contributed by atoms with van der Waals surface area (Å²) in [5, 5.41) is 9.24. The lowest BCUT2D eigenvalue weighted by atomic mass is 9.63. The number of rotatable bonds is 3. The fourth-order valence-corrected chi connectivity index (χ4v) is 4.25. The van der Waals surface area contributed by atoms with E-state index in [9.17, 15) is 9.90 Å². The van der Waals surface area contributed by atoms with E-state index in [0.29, 0.717) is 5.57 Å². The van der Waals surface area contributed by atoms with E-state index in [1.807, 2.05) is 12.2 Å². The number of hydrogen-bond donors (Lipinski definition) is 1. The molecule has 1 aromatic rings. The molecule has 0 amide bonds. The Morgan fingerprint density at radius 3 is 2.39 bits per heavy atom. The lowest BCUT2D eigenvalue weighted by molar-refractivity contribution is -0.132. The lowest BCUT2D eigenvalue weighted by Gasteiger charge is -2.42. The Bertz CT molecular complexity index is 904. The summed E-state index contributed by atoms with van der Waals surface area (Å²) in [6.45, 7) is 11.6. The minimum absolute atomic E-state index is 0.199. The molecule has 2 aliphatic rings. The standard InChI is InChI=1S/C26H32O2/c1-18(16-19-8-6-7-9-20(11-10-19)24(27)28)21-12-13-22-23(17-21)26(4,5)15-14-25(22,2)3/h7,9-13,16-17H,6,8,14-15H2,1-5H3,(H,27,28)/b9-7-,18-16+,19-10+,20-11+. The van der Waals surface area contributed by atoms with Gasteiger partial charge in [-0.05, 0) is 77.3 Å². The molecular weight excluding hydrogens is 344 g/mol. The Hall–Kier alpha value is -2.35. The maximum Gasteiger partial charge on any atom is 0.335 e. The molecular formula is C26H32O2. The van der Waals surface area contributed by atoms with Crippen LogP contribution in [0.2, 0.25) is 0 Å². The second-order valence-electron chi connectivity index (χ2n) is 9.47. The molecule has 2 nitrogen and oxygen atoms in total. The van der Waals surface area contributed by atoms with E-state index in [1.165, 1.54) is 35.1 Å². The first-order valence-corrected chi connectivity index (χ1v) is 10.2. The molecule has 0 fully saturated rings. The van der Waals surface area contributed by atoms with E-state index in [2.05, 4.69) is 58.9 Å². The molecule has 2 heteroatoms. The Kier molecular flexibility index (Phi) is 5.52. The number of carboxylic acids is 1. The van der Waals surface area contributed by atoms with Crippen LogP contribution in [0.5, 0.6) is 0 Å². The topological polar surface area (TPSA) is 37.3 Å². The van der Waals surface area contributed by atoms with Crippen LogP contribution in [0.15, 0.2) is 59.7 Å². The van der Waals surface area contributed by atoms with E-state index < -0.39 is 5.97 Å². The van der Waals surface area contributed by atoms with Crippen LogP contribution in [0.25, 0.3) is 5.57 Å². The molecule has 28 heavy (non-hydrogen) atoms. The number of carbonyl (C=O) groups is 1. The third kappa shape index (κ3) is 4.22. The van der Waals surface area contributed by atoms with Crippen molar-refractivity contribution in [2.75, 3.05) is 0 Å². The Morgan fingerprint density at radius 1 is 1.04 bits per heavy atom. The van der Waals surface area contributed by atoms with Crippen molar-refractivity contribution in [3.63, 3.8) is 0 Å². The first-order valence-electron chi connectivity index (χ1n) is 10.2. The maximum absolute atomic E-state index is 11.3. The molecule has 0 unspecified atom stereocenters. The van der Waals surface area contributed by atoms with Gasteiger partial charge in [-0.25, -0.2) is 4.79 Å². The number of fused-ring (bicyclic) bond motifs is 1. The van der Waals surface area contributed by atoms with Crippen molar-refractivity contribution in [1.29, 1.82) is 0 Å². The first-order chi connectivity index (χ1) is 13.1. The molecule has 3 rings (SSSR count). The number of benzene rings is 1. The van der Waals surface area contributed by atoms with Gasteiger partial charge in [-0.1, -0.05) is 70.2 Å². The normalized spacial score (nSPS) is 26.0. The Morgan fingerprint density at radius 2 is 1.71 bits per heavy atom. The molecule has 148 valence electrons. The zero-order valence-electron chi connectivity index (χ0n) is 17.8. The van der Waals surface area contributed by atoms with Gasteiger partial charge in [0.15, 0.2) is 0 Å². The number of aliphatic carboxylic acids is 1. The fourth-order valence-electron chi connectivity index (χ4n) is 4.25. The van der Waals surface area contributed by atoms with Gasteiger partial charge in [-0.3, -0.25) is 0 Å². The van der Waals surface area contributed by atoms with E-state index in [1.54, 1.807) is 12.2 Å². The number of hydrogen-bond acceptors (Lipinski definition) is 1. The SMILES string of the molecule is C\C(=C/C1=C/C=C(C(=O)O)\C=C/CC1)c1ccc2c(c1)C(C)(C)CCC2(C)C. The van der Waals surface area contributed by atoms with Crippen LogP contribution in [0.4, 0.5) is 0 Å². The van der Waals surface area contributed by atoms with Crippen LogP contribution in [-0.4, -0.2) is 11.1 Å². The summed E-state index contributed by atoms with van der Waals surface area (Å²) in [5.41, 5.74) is 7.35. The van der Waals surface area contributed by atoms with Gasteiger partial charge in [0.1, 0.15) is 0 Å². The average Bonchev–Trinajstić information content (AvgIpc) is 2.61. The van der Waals surface area contributed by atoms with E-state index in [4.69, 9.17) is 0 Å². The molecule has 0 aromatic heterocycles. The minimum Gasteiger partial charge on any atom is -0.478 e. The highest BCUT2D eigenvalue weighted by molar-refractivity contribution is 5.90. The summed E-state index contributed by atoms with van der Waals surface area (Å²) >= 11 is 0. The average molecular weight is 377 g/mol. The molecule has 0 saturated heterocycles. The van der Waals surface area contributed by atoms with Gasteiger partial charge < -0.3 is 5.11 Å². The molecule has 0 bridgehead atoms. The highest BCUT2D eigenvalue weighted by atomic mass is 16.4. The van der Waals surface area contributed by atoms with Crippen LogP contribution >= 0.6 is 0 Å². The molecule has 0 heterocycles. The first kappa shape index (κ1) is 20.4. The van der Waals surface area contributed by atoms with Gasteiger partial charge in [0.25, 0.3) is 0 Å². The van der Waals surface area contributed by atoms with Crippen LogP contribution in [0, 0.1) is 0 Å². The van der Waals surface area contributed by atoms with E-state index in [-0.39, 0.29) is 10.8 Å². The molecule has 0 saturated carbocycles. The summed E-state index contributed by atoms with van der Waals surface area (Å²) in [7, 11) is 0. The van der Waals surface area contributed by atoms with Gasteiger partial charge >= 0.3 is 5.97 Å². The molecule has 0 spiro atoms. The Balaban J connectivity index is 1.97. The predicted octanol–water partition coefficient (Wildman–Crippen LogP) is 6.73. The molecule has 1 N–H and O–H groups in total. The van der Waals surface area contributed by atoms with Crippen molar-refractivity contribution in [1.82, 2.24) is 0 Å². The van der Waals surface area contributed by atoms with Crippen molar-refractivity contribution >= 4 is 11.5 Å². The second-order valence-corrected chi connectivity index (χ2v) is 9.47. The predicted molar refractivity (Wildman–Crippen MR) is 118 cm³/mol. The van der Waals surface area contributed by atoms with Crippen molar-refractivity contribution in [3.05, 3.63) is 76.4 Å². The van der Waals surface area contributed by atoms with Gasteiger partial charge in [-0.15, -0.1) is 0 Å². The highest BCUT2D eigenvalue weighted by Gasteiger charge is 2.36. The van der Waals surface area contributed by atoms with Crippen LogP contribution < -0.4 is 0 Å².